The van der Waals surface area contributed by atoms with E-state index >= 15 is 0 Å². The lowest BCUT2D eigenvalue weighted by Gasteiger charge is -2.35. The van der Waals surface area contributed by atoms with Gasteiger partial charge in [0.25, 0.3) is 0 Å². The van der Waals surface area contributed by atoms with Crippen molar-refractivity contribution in [2.45, 2.75) is 32.0 Å². The number of fused-ring (bicyclic) bond motifs is 1. The Balaban J connectivity index is 1.87. The van der Waals surface area contributed by atoms with Crippen LogP contribution in [0.1, 0.15) is 29.8 Å². The number of nitriles is 1. The van der Waals surface area contributed by atoms with Crippen LogP contribution in [0.4, 0.5) is 8.78 Å². The van der Waals surface area contributed by atoms with Gasteiger partial charge in [0.05, 0.1) is 29.7 Å². The van der Waals surface area contributed by atoms with Crippen molar-refractivity contribution in [3.8, 4) is 6.07 Å². The molecule has 0 spiro atoms. The SMILES string of the molecule is Cc1c2cc(C#N)ccc2nn1[C@H](C)[C@](O)(Cn1cncn1)c1ccc(F)cc1F. The highest BCUT2D eigenvalue weighted by Gasteiger charge is 2.41. The zero-order valence-corrected chi connectivity index (χ0v) is 16.3. The summed E-state index contributed by atoms with van der Waals surface area (Å²) in [7, 11) is 0. The van der Waals surface area contributed by atoms with Gasteiger partial charge in [0.1, 0.15) is 29.9 Å². The first-order valence-corrected chi connectivity index (χ1v) is 9.23. The van der Waals surface area contributed by atoms with E-state index in [1.54, 1.807) is 29.8 Å². The lowest BCUT2D eigenvalue weighted by Crippen LogP contribution is -2.41. The van der Waals surface area contributed by atoms with Gasteiger partial charge >= 0.3 is 0 Å². The van der Waals surface area contributed by atoms with Crippen LogP contribution in [0.25, 0.3) is 10.9 Å². The zero-order chi connectivity index (χ0) is 21.5. The van der Waals surface area contributed by atoms with Crippen molar-refractivity contribution >= 4 is 10.9 Å². The Morgan fingerprint density at radius 2 is 2.03 bits per heavy atom. The normalized spacial score (nSPS) is 14.4. The first kappa shape index (κ1) is 19.7. The first-order valence-electron chi connectivity index (χ1n) is 9.23. The Morgan fingerprint density at radius 3 is 2.70 bits per heavy atom. The first-order chi connectivity index (χ1) is 14.3. The number of halogens is 2. The third-order valence-corrected chi connectivity index (χ3v) is 5.40. The summed E-state index contributed by atoms with van der Waals surface area (Å²) in [6.07, 6.45) is 2.72. The van der Waals surface area contributed by atoms with Gasteiger partial charge in [-0.15, -0.1) is 0 Å². The molecule has 30 heavy (non-hydrogen) atoms. The highest BCUT2D eigenvalue weighted by molar-refractivity contribution is 5.82. The molecule has 2 atom stereocenters. The molecule has 4 rings (SSSR count). The van der Waals surface area contributed by atoms with Gasteiger partial charge in [-0.25, -0.2) is 18.4 Å². The Hall–Kier alpha value is -3.64. The Labute approximate surface area is 170 Å². The third kappa shape index (κ3) is 3.21. The second-order valence-corrected chi connectivity index (χ2v) is 7.19. The van der Waals surface area contributed by atoms with Crippen LogP contribution in [-0.4, -0.2) is 29.7 Å². The topological polar surface area (TPSA) is 92.6 Å². The van der Waals surface area contributed by atoms with Crippen molar-refractivity contribution in [1.29, 1.82) is 5.26 Å². The maximum Gasteiger partial charge on any atom is 0.137 e. The molecule has 0 fully saturated rings. The average molecular weight is 408 g/mol. The smallest absolute Gasteiger partial charge is 0.137 e. The van der Waals surface area contributed by atoms with Crippen molar-refractivity contribution in [3.63, 3.8) is 0 Å². The number of rotatable bonds is 5. The van der Waals surface area contributed by atoms with E-state index in [-0.39, 0.29) is 12.1 Å². The molecule has 0 saturated carbocycles. The molecule has 0 aliphatic rings. The number of nitrogens with zero attached hydrogens (tertiary/aromatic N) is 6. The van der Waals surface area contributed by atoms with Gasteiger partial charge in [0.2, 0.25) is 0 Å². The van der Waals surface area contributed by atoms with Gasteiger partial charge < -0.3 is 5.11 Å². The molecule has 0 radical (unpaired) electrons. The molecule has 2 heterocycles. The molecule has 9 heteroatoms. The standard InChI is InChI=1S/C21H18F2N6O/c1-13-17-7-15(9-24)3-6-20(17)27-29(13)14(2)21(30,10-28-12-25-11-26-28)18-5-4-16(22)8-19(18)23/h3-8,11-12,14,30H,10H2,1-2H3/t14-,21-/m1/s1. The van der Waals surface area contributed by atoms with Crippen molar-refractivity contribution in [3.05, 3.63) is 77.5 Å². The molecule has 0 saturated heterocycles. The molecule has 0 aliphatic heterocycles. The van der Waals surface area contributed by atoms with Crippen molar-refractivity contribution in [1.82, 2.24) is 24.5 Å². The van der Waals surface area contributed by atoms with Gasteiger partial charge in [0, 0.05) is 22.7 Å². The molecule has 0 bridgehead atoms. The van der Waals surface area contributed by atoms with E-state index in [4.69, 9.17) is 0 Å². The molecule has 2 aromatic heterocycles. The number of hydrogen-bond donors (Lipinski definition) is 1. The van der Waals surface area contributed by atoms with E-state index in [0.29, 0.717) is 16.8 Å². The van der Waals surface area contributed by atoms with E-state index in [2.05, 4.69) is 21.3 Å². The summed E-state index contributed by atoms with van der Waals surface area (Å²) >= 11 is 0. The molecule has 1 N–H and O–H groups in total. The van der Waals surface area contributed by atoms with E-state index in [0.717, 1.165) is 17.5 Å². The fourth-order valence-electron chi connectivity index (χ4n) is 3.72. The summed E-state index contributed by atoms with van der Waals surface area (Å²) in [6, 6.07) is 9.49. The van der Waals surface area contributed by atoms with E-state index in [1.807, 2.05) is 6.92 Å². The van der Waals surface area contributed by atoms with Gasteiger partial charge in [-0.3, -0.25) is 4.68 Å². The van der Waals surface area contributed by atoms with Crippen molar-refractivity contribution in [2.75, 3.05) is 0 Å². The van der Waals surface area contributed by atoms with Crippen LogP contribution in [-0.2, 0) is 12.1 Å². The minimum Gasteiger partial charge on any atom is -0.381 e. The fourth-order valence-corrected chi connectivity index (χ4v) is 3.72. The van der Waals surface area contributed by atoms with E-state index < -0.39 is 23.3 Å². The molecule has 2 aromatic carbocycles. The average Bonchev–Trinajstić information content (AvgIpc) is 3.34. The molecule has 4 aromatic rings. The second-order valence-electron chi connectivity index (χ2n) is 7.19. The van der Waals surface area contributed by atoms with Gasteiger partial charge in [-0.1, -0.05) is 6.07 Å². The minimum absolute atomic E-state index is 0.0800. The van der Waals surface area contributed by atoms with Crippen molar-refractivity contribution < 1.29 is 13.9 Å². The summed E-state index contributed by atoms with van der Waals surface area (Å²) in [4.78, 5) is 3.87. The monoisotopic (exact) mass is 408 g/mol. The molecular formula is C21H18F2N6O. The predicted molar refractivity (Wildman–Crippen MR) is 104 cm³/mol. The molecule has 0 aliphatic carbocycles. The highest BCUT2D eigenvalue weighted by Crippen LogP contribution is 2.38. The zero-order valence-electron chi connectivity index (χ0n) is 16.3. The summed E-state index contributed by atoms with van der Waals surface area (Å²) in [6.45, 7) is 3.38. The third-order valence-electron chi connectivity index (χ3n) is 5.40. The second kappa shape index (κ2) is 7.31. The van der Waals surface area contributed by atoms with Crippen LogP contribution >= 0.6 is 0 Å². The Bertz CT molecular complexity index is 1260. The number of aryl methyl sites for hydroxylation is 1. The number of hydrogen-bond acceptors (Lipinski definition) is 5. The van der Waals surface area contributed by atoms with Crippen LogP contribution in [0.15, 0.2) is 49.1 Å². The van der Waals surface area contributed by atoms with Crippen LogP contribution in [0.3, 0.4) is 0 Å². The van der Waals surface area contributed by atoms with E-state index in [1.165, 1.54) is 23.4 Å². The number of aliphatic hydroxyl groups is 1. The Morgan fingerprint density at radius 1 is 1.23 bits per heavy atom. The number of benzene rings is 2. The van der Waals surface area contributed by atoms with Gasteiger partial charge in [0.15, 0.2) is 0 Å². The minimum atomic E-state index is -1.82. The Kier molecular flexibility index (Phi) is 4.79. The molecule has 0 amide bonds. The fraction of sp³-hybridized carbons (Fsp3) is 0.238. The van der Waals surface area contributed by atoms with Crippen LogP contribution < -0.4 is 0 Å². The summed E-state index contributed by atoms with van der Waals surface area (Å²) < 4.78 is 31.2. The van der Waals surface area contributed by atoms with Crippen molar-refractivity contribution in [2.24, 2.45) is 0 Å². The maximum absolute atomic E-state index is 14.7. The van der Waals surface area contributed by atoms with Gasteiger partial charge in [-0.05, 0) is 38.1 Å². The summed E-state index contributed by atoms with van der Waals surface area (Å²) in [5.74, 6) is -1.61. The molecule has 0 unspecified atom stereocenters. The molecule has 152 valence electrons. The molecular weight excluding hydrogens is 390 g/mol. The van der Waals surface area contributed by atoms with Crippen LogP contribution in [0.5, 0.6) is 0 Å². The van der Waals surface area contributed by atoms with E-state index in [9.17, 15) is 19.1 Å². The molecule has 7 nitrogen and oxygen atoms in total. The van der Waals surface area contributed by atoms with Crippen LogP contribution in [0.2, 0.25) is 0 Å². The lowest BCUT2D eigenvalue weighted by molar-refractivity contribution is -0.0372. The quantitative estimate of drug-likeness (QED) is 0.547. The number of aromatic nitrogens is 5. The lowest BCUT2D eigenvalue weighted by atomic mass is 9.86. The summed E-state index contributed by atoms with van der Waals surface area (Å²) in [5.41, 5.74) is -0.0740. The van der Waals surface area contributed by atoms with Gasteiger partial charge in [-0.2, -0.15) is 15.5 Å². The summed E-state index contributed by atoms with van der Waals surface area (Å²) in [5, 5.41) is 30.2. The largest absolute Gasteiger partial charge is 0.381 e. The van der Waals surface area contributed by atoms with Crippen LogP contribution in [0, 0.1) is 29.9 Å². The predicted octanol–water partition coefficient (Wildman–Crippen LogP) is 3.24. The maximum atomic E-state index is 14.7. The highest BCUT2D eigenvalue weighted by atomic mass is 19.1.